The summed E-state index contributed by atoms with van der Waals surface area (Å²) in [5, 5.41) is 5.08. The van der Waals surface area contributed by atoms with Crippen LogP contribution in [0.5, 0.6) is 0 Å². The fourth-order valence-electron chi connectivity index (χ4n) is 2.01. The van der Waals surface area contributed by atoms with Gasteiger partial charge in [0.15, 0.2) is 0 Å². The smallest absolute Gasteiger partial charge is 0.243 e. The third-order valence-electron chi connectivity index (χ3n) is 3.24. The molecule has 26 heavy (non-hydrogen) atoms. The van der Waals surface area contributed by atoms with Crippen molar-refractivity contribution in [3.8, 4) is 0 Å². The van der Waals surface area contributed by atoms with Crippen molar-refractivity contribution in [1.29, 1.82) is 0 Å². The number of nitrogens with zero attached hydrogens (tertiary/aromatic N) is 2. The van der Waals surface area contributed by atoms with Gasteiger partial charge in [0.25, 0.3) is 0 Å². The van der Waals surface area contributed by atoms with Crippen molar-refractivity contribution in [3.05, 3.63) is 47.1 Å². The summed E-state index contributed by atoms with van der Waals surface area (Å²) in [5.41, 5.74) is 0.484. The number of hydrogen-bond donors (Lipinski definition) is 2. The summed E-state index contributed by atoms with van der Waals surface area (Å²) in [6, 6.07) is 9.00. The lowest BCUT2D eigenvalue weighted by atomic mass is 10.3. The zero-order valence-electron chi connectivity index (χ0n) is 14.1. The summed E-state index contributed by atoms with van der Waals surface area (Å²) in [6.45, 7) is 0.991. The van der Waals surface area contributed by atoms with Crippen LogP contribution in [0.4, 0.5) is 11.5 Å². The molecule has 0 atom stereocenters. The molecule has 0 unspecified atom stereocenters. The molecule has 0 fully saturated rings. The summed E-state index contributed by atoms with van der Waals surface area (Å²) < 4.78 is 26.8. The number of halogens is 1. The Balaban J connectivity index is 2.04. The van der Waals surface area contributed by atoms with Gasteiger partial charge in [-0.05, 0) is 52.3 Å². The molecule has 2 rings (SSSR count). The predicted molar refractivity (Wildman–Crippen MR) is 101 cm³/mol. The van der Waals surface area contributed by atoms with Crippen LogP contribution in [0.15, 0.2) is 52.0 Å². The van der Waals surface area contributed by atoms with Crippen molar-refractivity contribution in [2.24, 2.45) is 0 Å². The van der Waals surface area contributed by atoms with Gasteiger partial charge in [0.1, 0.15) is 5.82 Å². The molecule has 2 aromatic rings. The van der Waals surface area contributed by atoms with Crippen LogP contribution in [-0.2, 0) is 19.6 Å². The second-order valence-electron chi connectivity index (χ2n) is 5.38. The van der Waals surface area contributed by atoms with E-state index in [0.29, 0.717) is 11.5 Å². The minimum atomic E-state index is -3.85. The second-order valence-corrected chi connectivity index (χ2v) is 8.34. The SMILES string of the molecule is CC(=O)Nc1ccc(S(=O)(=O)N(C)CC(=O)Nc2ccc(Br)cn2)cc1. The van der Waals surface area contributed by atoms with Gasteiger partial charge in [-0.3, -0.25) is 9.59 Å². The lowest BCUT2D eigenvalue weighted by molar-refractivity contribution is -0.116. The Hall–Kier alpha value is -2.30. The van der Waals surface area contributed by atoms with Crippen molar-refractivity contribution in [2.45, 2.75) is 11.8 Å². The van der Waals surface area contributed by atoms with Gasteiger partial charge in [-0.2, -0.15) is 4.31 Å². The van der Waals surface area contributed by atoms with Crippen LogP contribution >= 0.6 is 15.9 Å². The topological polar surface area (TPSA) is 108 Å². The number of carbonyl (C=O) groups is 2. The molecular formula is C16H17BrN4O4S. The Labute approximate surface area is 159 Å². The predicted octanol–water partition coefficient (Wildman–Crippen LogP) is 2.06. The van der Waals surface area contributed by atoms with Crippen LogP contribution in [-0.4, -0.2) is 43.1 Å². The summed E-state index contributed by atoms with van der Waals surface area (Å²) >= 11 is 3.24. The van der Waals surface area contributed by atoms with Crippen LogP contribution in [0.3, 0.4) is 0 Å². The average molecular weight is 441 g/mol. The molecule has 0 spiro atoms. The van der Waals surface area contributed by atoms with Crippen molar-refractivity contribution in [3.63, 3.8) is 0 Å². The lowest BCUT2D eigenvalue weighted by Gasteiger charge is -2.17. The minimum Gasteiger partial charge on any atom is -0.326 e. The quantitative estimate of drug-likeness (QED) is 0.714. The molecule has 138 valence electrons. The maximum atomic E-state index is 12.5. The number of amides is 2. The van der Waals surface area contributed by atoms with Gasteiger partial charge in [-0.15, -0.1) is 0 Å². The molecule has 0 aliphatic carbocycles. The fourth-order valence-corrected chi connectivity index (χ4v) is 3.37. The standard InChI is InChI=1S/C16H17BrN4O4S/c1-11(22)19-13-4-6-14(7-5-13)26(24,25)21(2)10-16(23)20-15-8-3-12(17)9-18-15/h3-9H,10H2,1-2H3,(H,19,22)(H,18,20,23). The van der Waals surface area contributed by atoms with E-state index in [9.17, 15) is 18.0 Å². The van der Waals surface area contributed by atoms with Crippen LogP contribution in [0, 0.1) is 0 Å². The zero-order valence-corrected chi connectivity index (χ0v) is 16.5. The summed E-state index contributed by atoms with van der Waals surface area (Å²) in [6.07, 6.45) is 1.52. The number of aromatic nitrogens is 1. The maximum absolute atomic E-state index is 12.5. The number of anilines is 2. The molecule has 2 amide bonds. The Bertz CT molecular complexity index is 899. The number of sulfonamides is 1. The van der Waals surface area contributed by atoms with Gasteiger partial charge in [0.05, 0.1) is 11.4 Å². The number of nitrogens with one attached hydrogen (secondary N) is 2. The highest BCUT2D eigenvalue weighted by Crippen LogP contribution is 2.17. The molecule has 0 aliphatic heterocycles. The fraction of sp³-hybridized carbons (Fsp3) is 0.188. The number of hydrogen-bond acceptors (Lipinski definition) is 5. The Morgan fingerprint density at radius 2 is 1.77 bits per heavy atom. The summed E-state index contributed by atoms with van der Waals surface area (Å²) in [7, 11) is -2.54. The lowest BCUT2D eigenvalue weighted by Crippen LogP contribution is -2.35. The van der Waals surface area contributed by atoms with Crippen LogP contribution in [0.25, 0.3) is 0 Å². The molecule has 1 aromatic heterocycles. The molecular weight excluding hydrogens is 424 g/mol. The van der Waals surface area contributed by atoms with Crippen LogP contribution in [0.2, 0.25) is 0 Å². The summed E-state index contributed by atoms with van der Waals surface area (Å²) in [4.78, 5) is 27.1. The van der Waals surface area contributed by atoms with Gasteiger partial charge < -0.3 is 10.6 Å². The van der Waals surface area contributed by atoms with Gasteiger partial charge in [-0.25, -0.2) is 13.4 Å². The Kier molecular flexibility index (Phi) is 6.46. The van der Waals surface area contributed by atoms with E-state index in [1.54, 1.807) is 12.1 Å². The highest BCUT2D eigenvalue weighted by atomic mass is 79.9. The van der Waals surface area contributed by atoms with Crippen molar-refractivity contribution >= 4 is 49.3 Å². The van der Waals surface area contributed by atoms with Crippen molar-refractivity contribution in [1.82, 2.24) is 9.29 Å². The molecule has 8 nitrogen and oxygen atoms in total. The van der Waals surface area contributed by atoms with Crippen molar-refractivity contribution < 1.29 is 18.0 Å². The van der Waals surface area contributed by atoms with Gasteiger partial charge in [-0.1, -0.05) is 0 Å². The molecule has 1 aromatic carbocycles. The molecule has 10 heteroatoms. The Morgan fingerprint density at radius 1 is 1.12 bits per heavy atom. The highest BCUT2D eigenvalue weighted by Gasteiger charge is 2.23. The van der Waals surface area contributed by atoms with E-state index in [4.69, 9.17) is 0 Å². The van der Waals surface area contributed by atoms with E-state index in [1.807, 2.05) is 0 Å². The molecule has 0 saturated heterocycles. The third-order valence-corrected chi connectivity index (χ3v) is 5.53. The van der Waals surface area contributed by atoms with Gasteiger partial charge in [0.2, 0.25) is 21.8 Å². The van der Waals surface area contributed by atoms with E-state index in [2.05, 4.69) is 31.5 Å². The number of benzene rings is 1. The molecule has 0 radical (unpaired) electrons. The zero-order chi connectivity index (χ0) is 19.3. The third kappa shape index (κ3) is 5.35. The number of carbonyl (C=O) groups excluding carboxylic acids is 2. The van der Waals surface area contributed by atoms with E-state index in [-0.39, 0.29) is 17.3 Å². The normalized spacial score (nSPS) is 11.2. The maximum Gasteiger partial charge on any atom is 0.243 e. The minimum absolute atomic E-state index is 0.0173. The van der Waals surface area contributed by atoms with E-state index in [1.165, 1.54) is 44.4 Å². The molecule has 1 heterocycles. The monoisotopic (exact) mass is 440 g/mol. The first-order chi connectivity index (χ1) is 12.2. The molecule has 0 aliphatic rings. The second kappa shape index (κ2) is 8.39. The Morgan fingerprint density at radius 3 is 2.31 bits per heavy atom. The summed E-state index contributed by atoms with van der Waals surface area (Å²) in [5.74, 6) is -0.444. The van der Waals surface area contributed by atoms with Crippen molar-refractivity contribution in [2.75, 3.05) is 24.2 Å². The molecule has 0 saturated carbocycles. The van der Waals surface area contributed by atoms with E-state index >= 15 is 0 Å². The number of pyridine rings is 1. The van der Waals surface area contributed by atoms with Crippen LogP contribution in [0.1, 0.15) is 6.92 Å². The number of rotatable bonds is 6. The first-order valence-corrected chi connectivity index (χ1v) is 9.67. The molecule has 0 bridgehead atoms. The molecule has 2 N–H and O–H groups in total. The average Bonchev–Trinajstić information content (AvgIpc) is 2.56. The number of likely N-dealkylation sites (N-methyl/N-ethyl adjacent to an activating group) is 1. The van der Waals surface area contributed by atoms with E-state index < -0.39 is 15.9 Å². The first-order valence-electron chi connectivity index (χ1n) is 7.44. The van der Waals surface area contributed by atoms with Gasteiger partial charge >= 0.3 is 0 Å². The first kappa shape index (κ1) is 20.0. The highest BCUT2D eigenvalue weighted by molar-refractivity contribution is 9.10. The van der Waals surface area contributed by atoms with Crippen LogP contribution < -0.4 is 10.6 Å². The largest absolute Gasteiger partial charge is 0.326 e. The van der Waals surface area contributed by atoms with Gasteiger partial charge in [0, 0.05) is 30.3 Å². The van der Waals surface area contributed by atoms with E-state index in [0.717, 1.165) is 8.78 Å².